The average Bonchev–Trinajstić information content (AvgIpc) is 3.07. The summed E-state index contributed by atoms with van der Waals surface area (Å²) in [5, 5.41) is 1.96. The zero-order valence-corrected chi connectivity index (χ0v) is 16.7. The number of nitrogens with zero attached hydrogens (tertiary/aromatic N) is 2. The van der Waals surface area contributed by atoms with Crippen LogP contribution >= 0.6 is 34.8 Å². The summed E-state index contributed by atoms with van der Waals surface area (Å²) >= 11 is 16.7. The van der Waals surface area contributed by atoms with E-state index in [1.165, 1.54) is 18.2 Å². The summed E-state index contributed by atoms with van der Waals surface area (Å²) in [4.78, 5) is 8.07. The summed E-state index contributed by atoms with van der Waals surface area (Å²) in [7, 11) is 0. The second-order valence-corrected chi connectivity index (χ2v) is 7.47. The summed E-state index contributed by atoms with van der Waals surface area (Å²) in [6.07, 6.45) is -10.4. The molecule has 2 aromatic rings. The molecule has 12 heteroatoms. The molecule has 0 N–H and O–H groups in total. The molecular weight excluding hydrogens is 481 g/mol. The number of rotatable bonds is 3. The van der Waals surface area contributed by atoms with Gasteiger partial charge in [-0.15, -0.1) is 0 Å². The van der Waals surface area contributed by atoms with E-state index in [4.69, 9.17) is 39.6 Å². The fourth-order valence-electron chi connectivity index (χ4n) is 2.75. The lowest BCUT2D eigenvalue weighted by Crippen LogP contribution is -2.42. The van der Waals surface area contributed by atoms with Gasteiger partial charge in [-0.1, -0.05) is 52.1 Å². The second-order valence-electron chi connectivity index (χ2n) is 6.24. The van der Waals surface area contributed by atoms with Crippen molar-refractivity contribution in [2.24, 2.45) is 10.1 Å². The van der Waals surface area contributed by atoms with Crippen LogP contribution in [0.3, 0.4) is 0 Å². The van der Waals surface area contributed by atoms with Gasteiger partial charge in [0.05, 0.1) is 11.4 Å². The highest BCUT2D eigenvalue weighted by Crippen LogP contribution is 2.49. The standard InChI is InChI=1S/C18H9Cl3F6N2O/c19-11-5-10(6-12(20)7-11)16(18(25,26)27)8-14(29-30-16)9-1-3-13(4-2-9)28-15(21)17(22,23)24/h1-7H,8H2/b28-15-. The predicted octanol–water partition coefficient (Wildman–Crippen LogP) is 7.41. The van der Waals surface area contributed by atoms with Gasteiger partial charge in [-0.05, 0) is 35.9 Å². The van der Waals surface area contributed by atoms with Crippen molar-refractivity contribution in [1.29, 1.82) is 0 Å². The normalized spacial score (nSPS) is 20.2. The Morgan fingerprint density at radius 2 is 1.53 bits per heavy atom. The van der Waals surface area contributed by atoms with Gasteiger partial charge in [-0.25, -0.2) is 4.99 Å². The fraction of sp³-hybridized carbons (Fsp3) is 0.222. The number of halogens is 9. The highest BCUT2D eigenvalue weighted by atomic mass is 35.5. The maximum Gasteiger partial charge on any atom is 0.444 e. The van der Waals surface area contributed by atoms with Crippen molar-refractivity contribution in [2.75, 3.05) is 0 Å². The molecule has 0 bridgehead atoms. The minimum absolute atomic E-state index is 0.0121. The average molecular weight is 490 g/mol. The Labute approximate surface area is 180 Å². The summed E-state index contributed by atoms with van der Waals surface area (Å²) in [6, 6.07) is 8.29. The first-order valence-electron chi connectivity index (χ1n) is 8.02. The lowest BCUT2D eigenvalue weighted by atomic mass is 9.86. The number of hydrogen-bond acceptors (Lipinski definition) is 3. The van der Waals surface area contributed by atoms with Gasteiger partial charge in [-0.3, -0.25) is 0 Å². The number of aliphatic imine (C=N–C) groups is 1. The zero-order valence-electron chi connectivity index (χ0n) is 14.5. The molecule has 1 unspecified atom stereocenters. The Morgan fingerprint density at radius 3 is 2.03 bits per heavy atom. The molecule has 0 spiro atoms. The Hall–Kier alpha value is -1.97. The molecule has 3 nitrogen and oxygen atoms in total. The highest BCUT2D eigenvalue weighted by molar-refractivity contribution is 6.67. The van der Waals surface area contributed by atoms with Crippen LogP contribution in [0.5, 0.6) is 0 Å². The van der Waals surface area contributed by atoms with Crippen LogP contribution in [-0.2, 0) is 10.4 Å². The van der Waals surface area contributed by atoms with Crippen molar-refractivity contribution in [3.05, 3.63) is 63.6 Å². The topological polar surface area (TPSA) is 34.0 Å². The van der Waals surface area contributed by atoms with Crippen LogP contribution in [-0.4, -0.2) is 23.2 Å². The van der Waals surface area contributed by atoms with E-state index in [1.54, 1.807) is 0 Å². The molecule has 160 valence electrons. The van der Waals surface area contributed by atoms with Crippen molar-refractivity contribution in [2.45, 2.75) is 24.4 Å². The molecule has 2 aromatic carbocycles. The number of alkyl halides is 6. The van der Waals surface area contributed by atoms with E-state index in [1.807, 2.05) is 0 Å². The van der Waals surface area contributed by atoms with Gasteiger partial charge in [0.15, 0.2) is 0 Å². The summed E-state index contributed by atoms with van der Waals surface area (Å²) in [5.74, 6) is 0. The summed E-state index contributed by atoms with van der Waals surface area (Å²) < 4.78 is 79.2. The van der Waals surface area contributed by atoms with Gasteiger partial charge in [0.1, 0.15) is 0 Å². The van der Waals surface area contributed by atoms with Crippen LogP contribution in [0.25, 0.3) is 0 Å². The van der Waals surface area contributed by atoms with Gasteiger partial charge >= 0.3 is 12.4 Å². The maximum absolute atomic E-state index is 13.9. The molecule has 0 fully saturated rings. The number of benzene rings is 2. The Balaban J connectivity index is 1.91. The zero-order chi connectivity index (χ0) is 22.3. The molecule has 30 heavy (non-hydrogen) atoms. The number of hydrogen-bond donors (Lipinski definition) is 0. The lowest BCUT2D eigenvalue weighted by molar-refractivity contribution is -0.275. The van der Waals surface area contributed by atoms with Gasteiger partial charge in [-0.2, -0.15) is 26.3 Å². The van der Waals surface area contributed by atoms with Gasteiger partial charge in [0, 0.05) is 22.0 Å². The van der Waals surface area contributed by atoms with E-state index in [0.29, 0.717) is 0 Å². The minimum atomic E-state index is -4.86. The second kappa shape index (κ2) is 7.94. The first-order valence-corrected chi connectivity index (χ1v) is 9.15. The SMILES string of the molecule is FC(F)(F)/C(Cl)=N/c1ccc(C2=NOC(c3cc(Cl)cc(Cl)c3)(C(F)(F)F)C2)cc1. The van der Waals surface area contributed by atoms with Crippen molar-refractivity contribution in [1.82, 2.24) is 0 Å². The summed E-state index contributed by atoms with van der Waals surface area (Å²) in [5.41, 5.74) is -3.14. The smallest absolute Gasteiger partial charge is 0.374 e. The molecule has 0 amide bonds. The molecule has 0 saturated carbocycles. The quantitative estimate of drug-likeness (QED) is 0.327. The van der Waals surface area contributed by atoms with Crippen LogP contribution in [0, 0.1) is 0 Å². The summed E-state index contributed by atoms with van der Waals surface area (Å²) in [6.45, 7) is 0. The van der Waals surface area contributed by atoms with Crippen LogP contribution in [0.4, 0.5) is 32.0 Å². The van der Waals surface area contributed by atoms with Crippen LogP contribution in [0.15, 0.2) is 52.6 Å². The van der Waals surface area contributed by atoms with Gasteiger partial charge in [0.25, 0.3) is 5.60 Å². The molecule has 3 rings (SSSR count). The number of oxime groups is 1. The third-order valence-corrected chi connectivity index (χ3v) is 4.91. The van der Waals surface area contributed by atoms with Crippen molar-refractivity contribution in [3.8, 4) is 0 Å². The largest absolute Gasteiger partial charge is 0.444 e. The first-order chi connectivity index (χ1) is 13.8. The fourth-order valence-corrected chi connectivity index (χ4v) is 3.37. The molecule has 0 radical (unpaired) electrons. The van der Waals surface area contributed by atoms with E-state index in [9.17, 15) is 26.3 Å². The predicted molar refractivity (Wildman–Crippen MR) is 102 cm³/mol. The Bertz CT molecular complexity index is 998. The molecule has 1 aliphatic heterocycles. The molecule has 1 heterocycles. The lowest BCUT2D eigenvalue weighted by Gasteiger charge is -2.29. The van der Waals surface area contributed by atoms with Crippen LogP contribution in [0.2, 0.25) is 10.0 Å². The van der Waals surface area contributed by atoms with Crippen LogP contribution < -0.4 is 0 Å². The Kier molecular flexibility index (Phi) is 6.01. The van der Waals surface area contributed by atoms with E-state index in [0.717, 1.165) is 24.3 Å². The minimum Gasteiger partial charge on any atom is -0.374 e. The highest BCUT2D eigenvalue weighted by Gasteiger charge is 2.62. The van der Waals surface area contributed by atoms with Gasteiger partial charge in [0.2, 0.25) is 5.17 Å². The maximum atomic E-state index is 13.9. The van der Waals surface area contributed by atoms with Crippen molar-refractivity contribution in [3.63, 3.8) is 0 Å². The molecular formula is C18H9Cl3F6N2O. The molecule has 0 aromatic heterocycles. The molecule has 0 saturated heterocycles. The van der Waals surface area contributed by atoms with E-state index in [-0.39, 0.29) is 32.6 Å². The third-order valence-electron chi connectivity index (χ3n) is 4.18. The molecule has 0 aliphatic carbocycles. The van der Waals surface area contributed by atoms with Gasteiger partial charge < -0.3 is 4.84 Å². The third kappa shape index (κ3) is 4.53. The molecule has 1 aliphatic rings. The first kappa shape index (κ1) is 22.7. The van der Waals surface area contributed by atoms with E-state index in [2.05, 4.69) is 10.1 Å². The van der Waals surface area contributed by atoms with Crippen molar-refractivity contribution < 1.29 is 31.2 Å². The molecule has 1 atom stereocenters. The van der Waals surface area contributed by atoms with E-state index < -0.39 is 29.5 Å². The van der Waals surface area contributed by atoms with Crippen LogP contribution in [0.1, 0.15) is 17.5 Å². The van der Waals surface area contributed by atoms with E-state index >= 15 is 0 Å². The monoisotopic (exact) mass is 488 g/mol. The van der Waals surface area contributed by atoms with Crippen molar-refractivity contribution >= 4 is 51.4 Å². The Morgan fingerprint density at radius 1 is 0.967 bits per heavy atom.